The molecule has 0 unspecified atom stereocenters. The average molecular weight is 541 g/mol. The minimum atomic E-state index is -0.994. The number of ether oxygens (including phenoxy) is 2. The first-order valence-corrected chi connectivity index (χ1v) is 12.8. The van der Waals surface area contributed by atoms with Crippen LogP contribution in [-0.4, -0.2) is 46.9 Å². The average Bonchev–Trinajstić information content (AvgIpc) is 2.99. The first-order chi connectivity index (χ1) is 18.8. The molecule has 0 aliphatic carbocycles. The van der Waals surface area contributed by atoms with Gasteiger partial charge in [-0.15, -0.1) is 0 Å². The Labute approximate surface area is 231 Å². The van der Waals surface area contributed by atoms with Crippen molar-refractivity contribution in [1.29, 1.82) is 0 Å². The van der Waals surface area contributed by atoms with Gasteiger partial charge in [0.15, 0.2) is 18.2 Å². The van der Waals surface area contributed by atoms with Gasteiger partial charge >= 0.3 is 11.9 Å². The van der Waals surface area contributed by atoms with E-state index in [1.54, 1.807) is 24.3 Å². The standard InChI is InChI=1S/C15H12O4.C10H10O4.3C2H6/c16-14(11-4-2-1-3-5-11)10-19-13-8-6-12(7-9-13)15(17)18;1-7(11)6-14-9-4-2-8(3-5-9)10(12)13;3*1-2/h1-9H,10H2,(H,17,18);2-5H,6H2,1H3,(H,12,13);3*1-2H3. The van der Waals surface area contributed by atoms with E-state index < -0.39 is 11.9 Å². The third kappa shape index (κ3) is 16.1. The molecule has 0 amide bonds. The topological polar surface area (TPSA) is 127 Å². The van der Waals surface area contributed by atoms with E-state index in [1.165, 1.54) is 55.5 Å². The monoisotopic (exact) mass is 540 g/mol. The van der Waals surface area contributed by atoms with Gasteiger partial charge < -0.3 is 19.7 Å². The van der Waals surface area contributed by atoms with Crippen LogP contribution in [0.15, 0.2) is 78.9 Å². The quantitative estimate of drug-likeness (QED) is 0.276. The number of rotatable bonds is 9. The molecule has 0 aliphatic heterocycles. The molecule has 0 spiro atoms. The van der Waals surface area contributed by atoms with Crippen LogP contribution in [0.1, 0.15) is 79.5 Å². The second kappa shape index (κ2) is 22.7. The van der Waals surface area contributed by atoms with Crippen LogP contribution in [0.25, 0.3) is 0 Å². The lowest BCUT2D eigenvalue weighted by Gasteiger charge is -2.05. The fourth-order valence-electron chi connectivity index (χ4n) is 2.43. The van der Waals surface area contributed by atoms with Crippen molar-refractivity contribution in [3.8, 4) is 11.5 Å². The summed E-state index contributed by atoms with van der Waals surface area (Å²) in [6.07, 6.45) is 0. The third-order valence-electron chi connectivity index (χ3n) is 4.11. The van der Waals surface area contributed by atoms with Crippen molar-refractivity contribution in [3.63, 3.8) is 0 Å². The molecule has 212 valence electrons. The Kier molecular flexibility index (Phi) is 21.4. The van der Waals surface area contributed by atoms with E-state index in [4.69, 9.17) is 19.7 Å². The molecule has 0 saturated heterocycles. The summed E-state index contributed by atoms with van der Waals surface area (Å²) in [5.74, 6) is -1.22. The molecule has 3 aromatic carbocycles. The number of aromatic carboxylic acids is 2. The molecule has 0 aliphatic rings. The molecule has 0 radical (unpaired) electrons. The molecule has 0 bridgehead atoms. The van der Waals surface area contributed by atoms with Gasteiger partial charge in [0.25, 0.3) is 0 Å². The molecule has 3 aromatic rings. The Balaban J connectivity index is 0. The van der Waals surface area contributed by atoms with E-state index in [0.29, 0.717) is 17.1 Å². The predicted octanol–water partition coefficient (Wildman–Crippen LogP) is 7.08. The highest BCUT2D eigenvalue weighted by molar-refractivity contribution is 5.97. The molecule has 2 N–H and O–H groups in total. The SMILES string of the molecule is CC.CC.CC.CC(=O)COc1ccc(C(=O)O)cc1.O=C(O)c1ccc(OCC(=O)c2ccccc2)cc1. The number of hydrogen-bond donors (Lipinski definition) is 2. The maximum Gasteiger partial charge on any atom is 0.335 e. The van der Waals surface area contributed by atoms with Crippen LogP contribution < -0.4 is 9.47 Å². The molecule has 0 atom stereocenters. The van der Waals surface area contributed by atoms with Crippen molar-refractivity contribution < 1.29 is 38.9 Å². The van der Waals surface area contributed by atoms with E-state index in [-0.39, 0.29) is 35.9 Å². The van der Waals surface area contributed by atoms with Crippen molar-refractivity contribution in [1.82, 2.24) is 0 Å². The van der Waals surface area contributed by atoms with E-state index in [0.717, 1.165) is 0 Å². The molecular weight excluding hydrogens is 500 g/mol. The zero-order valence-corrected chi connectivity index (χ0v) is 23.8. The highest BCUT2D eigenvalue weighted by Gasteiger charge is 2.07. The van der Waals surface area contributed by atoms with Crippen LogP contribution in [0.4, 0.5) is 0 Å². The van der Waals surface area contributed by atoms with E-state index in [1.807, 2.05) is 47.6 Å². The summed E-state index contributed by atoms with van der Waals surface area (Å²) in [6.45, 7) is 13.4. The smallest absolute Gasteiger partial charge is 0.335 e. The Bertz CT molecular complexity index is 1090. The van der Waals surface area contributed by atoms with Gasteiger partial charge in [-0.3, -0.25) is 9.59 Å². The number of hydrogen-bond acceptors (Lipinski definition) is 6. The number of Topliss-reactive ketones (excluding diaryl/α,β-unsaturated/α-hetero) is 2. The number of ketones is 2. The lowest BCUT2D eigenvalue weighted by atomic mass is 10.1. The molecule has 8 heteroatoms. The molecule has 39 heavy (non-hydrogen) atoms. The van der Waals surface area contributed by atoms with Crippen LogP contribution >= 0.6 is 0 Å². The number of benzene rings is 3. The first-order valence-electron chi connectivity index (χ1n) is 12.8. The Hall–Kier alpha value is -4.46. The molecule has 0 saturated carbocycles. The lowest BCUT2D eigenvalue weighted by molar-refractivity contribution is -0.118. The molecule has 0 fully saturated rings. The Morgan fingerprint density at radius 3 is 1.23 bits per heavy atom. The van der Waals surface area contributed by atoms with Crippen LogP contribution in [0.5, 0.6) is 11.5 Å². The van der Waals surface area contributed by atoms with Crippen LogP contribution in [0.3, 0.4) is 0 Å². The molecule has 0 aromatic heterocycles. The van der Waals surface area contributed by atoms with Crippen LogP contribution in [0, 0.1) is 0 Å². The lowest BCUT2D eigenvalue weighted by Crippen LogP contribution is -2.11. The number of carbonyl (C=O) groups is 4. The molecular formula is C31H40O8. The maximum absolute atomic E-state index is 11.8. The van der Waals surface area contributed by atoms with Crippen molar-refractivity contribution in [3.05, 3.63) is 95.6 Å². The minimum absolute atomic E-state index is 0.00637. The maximum atomic E-state index is 11.8. The minimum Gasteiger partial charge on any atom is -0.486 e. The number of carbonyl (C=O) groups excluding carboxylic acids is 2. The Morgan fingerprint density at radius 2 is 0.897 bits per heavy atom. The van der Waals surface area contributed by atoms with E-state index in [9.17, 15) is 19.2 Å². The summed E-state index contributed by atoms with van der Waals surface area (Å²) >= 11 is 0. The molecule has 3 rings (SSSR count). The Morgan fingerprint density at radius 1 is 0.538 bits per heavy atom. The summed E-state index contributed by atoms with van der Waals surface area (Å²) in [5, 5.41) is 17.3. The van der Waals surface area contributed by atoms with Gasteiger partial charge in [-0.2, -0.15) is 0 Å². The van der Waals surface area contributed by atoms with Crippen molar-refractivity contribution in [2.24, 2.45) is 0 Å². The first kappa shape index (κ1) is 36.7. The van der Waals surface area contributed by atoms with Crippen molar-refractivity contribution >= 4 is 23.5 Å². The molecule has 8 nitrogen and oxygen atoms in total. The third-order valence-corrected chi connectivity index (χ3v) is 4.11. The van der Waals surface area contributed by atoms with Crippen LogP contribution in [-0.2, 0) is 4.79 Å². The van der Waals surface area contributed by atoms with Gasteiger partial charge in [-0.25, -0.2) is 9.59 Å². The second-order valence-corrected chi connectivity index (χ2v) is 6.73. The van der Waals surface area contributed by atoms with E-state index in [2.05, 4.69) is 0 Å². The summed E-state index contributed by atoms with van der Waals surface area (Å²) < 4.78 is 10.4. The molecule has 0 heterocycles. The predicted molar refractivity (Wildman–Crippen MR) is 153 cm³/mol. The van der Waals surface area contributed by atoms with Crippen molar-refractivity contribution in [2.45, 2.75) is 48.5 Å². The zero-order chi connectivity index (χ0) is 30.2. The summed E-state index contributed by atoms with van der Waals surface area (Å²) in [7, 11) is 0. The van der Waals surface area contributed by atoms with Gasteiger partial charge in [-0.1, -0.05) is 71.9 Å². The van der Waals surface area contributed by atoms with Gasteiger partial charge in [-0.05, 0) is 55.5 Å². The zero-order valence-electron chi connectivity index (χ0n) is 23.8. The van der Waals surface area contributed by atoms with Crippen LogP contribution in [0.2, 0.25) is 0 Å². The van der Waals surface area contributed by atoms with Gasteiger partial charge in [0.1, 0.15) is 18.1 Å². The fraction of sp³-hybridized carbons (Fsp3) is 0.290. The highest BCUT2D eigenvalue weighted by atomic mass is 16.5. The fourth-order valence-corrected chi connectivity index (χ4v) is 2.43. The largest absolute Gasteiger partial charge is 0.486 e. The van der Waals surface area contributed by atoms with E-state index >= 15 is 0 Å². The summed E-state index contributed by atoms with van der Waals surface area (Å²) in [6, 6.07) is 20.7. The summed E-state index contributed by atoms with van der Waals surface area (Å²) in [5.41, 5.74) is 0.964. The number of carboxylic acids is 2. The normalized spacial score (nSPS) is 8.69. The van der Waals surface area contributed by atoms with Gasteiger partial charge in [0.2, 0.25) is 0 Å². The number of carboxylic acid groups (broad SMARTS) is 2. The van der Waals surface area contributed by atoms with Gasteiger partial charge in [0.05, 0.1) is 11.1 Å². The second-order valence-electron chi connectivity index (χ2n) is 6.73. The summed E-state index contributed by atoms with van der Waals surface area (Å²) in [4.78, 5) is 43.5. The van der Waals surface area contributed by atoms with Crippen molar-refractivity contribution in [2.75, 3.05) is 13.2 Å². The highest BCUT2D eigenvalue weighted by Crippen LogP contribution is 2.13. The van der Waals surface area contributed by atoms with Gasteiger partial charge in [0, 0.05) is 5.56 Å².